The third kappa shape index (κ3) is 2.58. The maximum Gasteiger partial charge on any atom is 0.280 e. The molecule has 7 nitrogen and oxygen atoms in total. The third-order valence-electron chi connectivity index (χ3n) is 4.36. The van der Waals surface area contributed by atoms with Crippen molar-refractivity contribution >= 4 is 0 Å². The van der Waals surface area contributed by atoms with Gasteiger partial charge >= 0.3 is 0 Å². The molecule has 0 radical (unpaired) electrons. The molecule has 0 spiro atoms. The van der Waals surface area contributed by atoms with Gasteiger partial charge in [0.15, 0.2) is 5.69 Å². The van der Waals surface area contributed by atoms with Crippen molar-refractivity contribution in [2.75, 3.05) is 13.2 Å². The molecule has 3 aromatic rings. The molecule has 124 valence electrons. The van der Waals surface area contributed by atoms with Crippen LogP contribution in [0, 0.1) is 11.2 Å². The Balaban J connectivity index is 1.56. The van der Waals surface area contributed by atoms with Crippen LogP contribution in [0.4, 0.5) is 4.39 Å². The summed E-state index contributed by atoms with van der Waals surface area (Å²) in [5, 5.41) is 12.0. The van der Waals surface area contributed by atoms with E-state index in [9.17, 15) is 4.39 Å². The Morgan fingerprint density at radius 1 is 1.29 bits per heavy atom. The molecule has 4 rings (SSSR count). The van der Waals surface area contributed by atoms with Crippen LogP contribution in [0.25, 0.3) is 23.0 Å². The van der Waals surface area contributed by atoms with Gasteiger partial charge in [-0.15, -0.1) is 5.10 Å². The number of nitrogens with zero attached hydrogens (tertiary/aromatic N) is 5. The van der Waals surface area contributed by atoms with E-state index < -0.39 is 5.82 Å². The standard InChI is InChI=1S/C16H16FN5O2/c1-2-16(9-23-10-16)8-22-7-13(19-21-22)15-18-14(20-24-15)11-5-3-4-6-12(11)17/h3-7H,2,8-10H2,1H3. The molecule has 0 N–H and O–H groups in total. The Morgan fingerprint density at radius 3 is 2.83 bits per heavy atom. The lowest BCUT2D eigenvalue weighted by atomic mass is 9.83. The van der Waals surface area contributed by atoms with Gasteiger partial charge in [-0.3, -0.25) is 4.68 Å². The predicted octanol–water partition coefficient (Wildman–Crippen LogP) is 2.56. The average Bonchev–Trinajstić information content (AvgIpc) is 3.20. The Morgan fingerprint density at radius 2 is 2.12 bits per heavy atom. The number of hydrogen-bond donors (Lipinski definition) is 0. The van der Waals surface area contributed by atoms with Gasteiger partial charge in [-0.2, -0.15) is 4.98 Å². The summed E-state index contributed by atoms with van der Waals surface area (Å²) in [6.07, 6.45) is 2.77. The largest absolute Gasteiger partial charge is 0.380 e. The van der Waals surface area contributed by atoms with Crippen molar-refractivity contribution in [3.05, 3.63) is 36.3 Å². The highest BCUT2D eigenvalue weighted by atomic mass is 19.1. The van der Waals surface area contributed by atoms with E-state index in [2.05, 4.69) is 27.4 Å². The topological polar surface area (TPSA) is 78.9 Å². The molecule has 1 aliphatic rings. The van der Waals surface area contributed by atoms with Crippen LogP contribution in [0.5, 0.6) is 0 Å². The van der Waals surface area contributed by atoms with E-state index in [-0.39, 0.29) is 22.7 Å². The molecule has 0 bridgehead atoms. The van der Waals surface area contributed by atoms with Crippen LogP contribution in [-0.4, -0.2) is 38.3 Å². The predicted molar refractivity (Wildman–Crippen MR) is 82.3 cm³/mol. The molecule has 8 heteroatoms. The Kier molecular flexibility index (Phi) is 3.61. The smallest absolute Gasteiger partial charge is 0.280 e. The quantitative estimate of drug-likeness (QED) is 0.716. The van der Waals surface area contributed by atoms with E-state index in [4.69, 9.17) is 9.26 Å². The van der Waals surface area contributed by atoms with Crippen LogP contribution in [0.2, 0.25) is 0 Å². The molecule has 0 saturated carbocycles. The van der Waals surface area contributed by atoms with Crippen LogP contribution < -0.4 is 0 Å². The van der Waals surface area contributed by atoms with Crippen LogP contribution in [-0.2, 0) is 11.3 Å². The minimum absolute atomic E-state index is 0.123. The molecular formula is C16H16FN5O2. The normalized spacial score (nSPS) is 16.1. The monoisotopic (exact) mass is 329 g/mol. The van der Waals surface area contributed by atoms with Gasteiger partial charge in [-0.05, 0) is 18.6 Å². The van der Waals surface area contributed by atoms with Gasteiger partial charge in [-0.1, -0.05) is 29.4 Å². The summed E-state index contributed by atoms with van der Waals surface area (Å²) < 4.78 is 26.1. The Hall–Kier alpha value is -2.61. The van der Waals surface area contributed by atoms with Gasteiger partial charge in [0.05, 0.1) is 31.5 Å². The highest BCUT2D eigenvalue weighted by Gasteiger charge is 2.37. The summed E-state index contributed by atoms with van der Waals surface area (Å²) in [5.41, 5.74) is 0.881. The van der Waals surface area contributed by atoms with Crippen molar-refractivity contribution in [2.24, 2.45) is 5.41 Å². The van der Waals surface area contributed by atoms with Gasteiger partial charge in [0.2, 0.25) is 5.82 Å². The highest BCUT2D eigenvalue weighted by molar-refractivity contribution is 5.57. The number of halogens is 1. The molecule has 1 aromatic carbocycles. The zero-order valence-electron chi connectivity index (χ0n) is 13.1. The van der Waals surface area contributed by atoms with Crippen molar-refractivity contribution in [3.63, 3.8) is 0 Å². The van der Waals surface area contributed by atoms with E-state index >= 15 is 0 Å². The van der Waals surface area contributed by atoms with Crippen molar-refractivity contribution in [1.29, 1.82) is 0 Å². The summed E-state index contributed by atoms with van der Waals surface area (Å²) in [4.78, 5) is 4.22. The van der Waals surface area contributed by atoms with E-state index in [0.717, 1.165) is 26.2 Å². The van der Waals surface area contributed by atoms with Crippen molar-refractivity contribution in [1.82, 2.24) is 25.1 Å². The van der Waals surface area contributed by atoms with Gasteiger partial charge in [0.1, 0.15) is 5.82 Å². The molecule has 0 atom stereocenters. The lowest BCUT2D eigenvalue weighted by Crippen LogP contribution is -2.45. The van der Waals surface area contributed by atoms with E-state index in [1.807, 2.05) is 0 Å². The first-order chi connectivity index (χ1) is 11.7. The molecular weight excluding hydrogens is 313 g/mol. The summed E-state index contributed by atoms with van der Waals surface area (Å²) in [6, 6.07) is 6.28. The molecule has 3 heterocycles. The van der Waals surface area contributed by atoms with Gasteiger partial charge < -0.3 is 9.26 Å². The molecule has 0 amide bonds. The van der Waals surface area contributed by atoms with Gasteiger partial charge in [0.25, 0.3) is 5.89 Å². The van der Waals surface area contributed by atoms with E-state index in [0.29, 0.717) is 5.69 Å². The molecule has 1 aliphatic heterocycles. The lowest BCUT2D eigenvalue weighted by molar-refractivity contribution is -0.125. The second-order valence-corrected chi connectivity index (χ2v) is 6.05. The fourth-order valence-electron chi connectivity index (χ4n) is 2.69. The lowest BCUT2D eigenvalue weighted by Gasteiger charge is -2.40. The maximum absolute atomic E-state index is 13.8. The van der Waals surface area contributed by atoms with Crippen LogP contribution in [0.1, 0.15) is 13.3 Å². The summed E-state index contributed by atoms with van der Waals surface area (Å²) >= 11 is 0. The highest BCUT2D eigenvalue weighted by Crippen LogP contribution is 2.33. The van der Waals surface area contributed by atoms with E-state index in [1.54, 1.807) is 29.1 Å². The van der Waals surface area contributed by atoms with Crippen molar-refractivity contribution in [3.8, 4) is 23.0 Å². The first-order valence-electron chi connectivity index (χ1n) is 7.76. The van der Waals surface area contributed by atoms with Crippen LogP contribution in [0.3, 0.4) is 0 Å². The van der Waals surface area contributed by atoms with Crippen molar-refractivity contribution in [2.45, 2.75) is 19.9 Å². The number of hydrogen-bond acceptors (Lipinski definition) is 6. The number of aromatic nitrogens is 5. The fourth-order valence-corrected chi connectivity index (χ4v) is 2.69. The van der Waals surface area contributed by atoms with Crippen LogP contribution in [0.15, 0.2) is 35.0 Å². The minimum Gasteiger partial charge on any atom is -0.380 e. The Labute approximate surface area is 137 Å². The second kappa shape index (κ2) is 5.79. The Bertz CT molecular complexity index is 850. The zero-order chi connectivity index (χ0) is 16.6. The molecule has 1 saturated heterocycles. The minimum atomic E-state index is -0.400. The first kappa shape index (κ1) is 14.9. The summed E-state index contributed by atoms with van der Waals surface area (Å²) in [6.45, 7) is 4.33. The van der Waals surface area contributed by atoms with Gasteiger partial charge in [-0.25, -0.2) is 4.39 Å². The molecule has 0 unspecified atom stereocenters. The van der Waals surface area contributed by atoms with Gasteiger partial charge in [0, 0.05) is 5.41 Å². The zero-order valence-corrected chi connectivity index (χ0v) is 13.1. The molecule has 24 heavy (non-hydrogen) atoms. The third-order valence-corrected chi connectivity index (χ3v) is 4.36. The fraction of sp³-hybridized carbons (Fsp3) is 0.375. The number of rotatable bonds is 5. The van der Waals surface area contributed by atoms with Crippen molar-refractivity contribution < 1.29 is 13.7 Å². The second-order valence-electron chi connectivity index (χ2n) is 6.05. The summed E-state index contributed by atoms with van der Waals surface area (Å²) in [5.74, 6) is 0.00774. The SMILES string of the molecule is CCC1(Cn2cc(-c3nc(-c4ccccc4F)no3)nn2)COC1. The molecule has 1 fully saturated rings. The summed E-state index contributed by atoms with van der Waals surface area (Å²) in [7, 11) is 0. The number of benzene rings is 1. The maximum atomic E-state index is 13.8. The average molecular weight is 329 g/mol. The molecule has 0 aliphatic carbocycles. The molecule has 2 aromatic heterocycles. The van der Waals surface area contributed by atoms with Crippen LogP contribution >= 0.6 is 0 Å². The number of ether oxygens (including phenoxy) is 1. The first-order valence-corrected chi connectivity index (χ1v) is 7.76. The van der Waals surface area contributed by atoms with E-state index in [1.165, 1.54) is 6.07 Å².